The zero-order valence-electron chi connectivity index (χ0n) is 10.2. The van der Waals surface area contributed by atoms with Crippen molar-refractivity contribution in [3.05, 3.63) is 52.0 Å². The average Bonchev–Trinajstić information content (AvgIpc) is 2.85. The highest BCUT2D eigenvalue weighted by Crippen LogP contribution is 2.21. The fourth-order valence-corrected chi connectivity index (χ4v) is 1.52. The summed E-state index contributed by atoms with van der Waals surface area (Å²) in [5.74, 6) is 0.507. The maximum atomic E-state index is 13.6. The van der Waals surface area contributed by atoms with Crippen molar-refractivity contribution in [1.82, 2.24) is 4.98 Å². The summed E-state index contributed by atoms with van der Waals surface area (Å²) in [5.41, 5.74) is -0.116. The second-order valence-corrected chi connectivity index (χ2v) is 3.85. The van der Waals surface area contributed by atoms with Gasteiger partial charge in [-0.05, 0) is 6.07 Å². The van der Waals surface area contributed by atoms with E-state index in [1.54, 1.807) is 6.20 Å². The predicted molar refractivity (Wildman–Crippen MR) is 66.3 cm³/mol. The van der Waals surface area contributed by atoms with Crippen LogP contribution in [-0.4, -0.2) is 9.91 Å². The van der Waals surface area contributed by atoms with E-state index in [0.29, 0.717) is 5.89 Å². The van der Waals surface area contributed by atoms with Gasteiger partial charge < -0.3 is 9.73 Å². The molecule has 1 heterocycles. The van der Waals surface area contributed by atoms with Gasteiger partial charge in [0.25, 0.3) is 5.69 Å². The van der Waals surface area contributed by atoms with Gasteiger partial charge in [-0.15, -0.1) is 0 Å². The normalized spacial score (nSPS) is 10.4. The zero-order valence-corrected chi connectivity index (χ0v) is 10.2. The molecule has 0 spiro atoms. The number of benzene rings is 1. The largest absolute Gasteiger partial charge is 0.444 e. The first kappa shape index (κ1) is 13.0. The number of oxazole rings is 1. The second kappa shape index (κ2) is 5.47. The van der Waals surface area contributed by atoms with Crippen molar-refractivity contribution in [3.8, 4) is 0 Å². The van der Waals surface area contributed by atoms with E-state index in [1.807, 2.05) is 6.92 Å². The van der Waals surface area contributed by atoms with Gasteiger partial charge in [0.15, 0.2) is 5.82 Å². The summed E-state index contributed by atoms with van der Waals surface area (Å²) < 4.78 is 18.9. The van der Waals surface area contributed by atoms with Crippen LogP contribution in [0.25, 0.3) is 0 Å². The molecule has 6 nitrogen and oxygen atoms in total. The van der Waals surface area contributed by atoms with E-state index in [2.05, 4.69) is 10.3 Å². The summed E-state index contributed by atoms with van der Waals surface area (Å²) in [7, 11) is 0. The highest BCUT2D eigenvalue weighted by atomic mass is 19.1. The summed E-state index contributed by atoms with van der Waals surface area (Å²) in [5, 5.41) is 13.3. The molecular weight excluding hydrogens is 253 g/mol. The van der Waals surface area contributed by atoms with Crippen LogP contribution in [0, 0.1) is 15.9 Å². The van der Waals surface area contributed by atoms with Crippen molar-refractivity contribution in [2.75, 3.05) is 5.32 Å². The average molecular weight is 265 g/mol. The molecule has 1 aromatic heterocycles. The number of hydrogen-bond donors (Lipinski definition) is 1. The SMILES string of the molecule is CCc1cnc(CNc2ccc([N+](=O)[O-])cc2F)o1. The maximum Gasteiger partial charge on any atom is 0.272 e. The summed E-state index contributed by atoms with van der Waals surface area (Å²) >= 11 is 0. The molecule has 0 unspecified atom stereocenters. The molecule has 7 heteroatoms. The summed E-state index contributed by atoms with van der Waals surface area (Å²) in [6, 6.07) is 3.42. The van der Waals surface area contributed by atoms with E-state index in [0.717, 1.165) is 18.2 Å². The molecule has 0 atom stereocenters. The van der Waals surface area contributed by atoms with Crippen LogP contribution in [0.3, 0.4) is 0 Å². The number of nitrogens with one attached hydrogen (secondary N) is 1. The lowest BCUT2D eigenvalue weighted by molar-refractivity contribution is -0.385. The summed E-state index contributed by atoms with van der Waals surface area (Å²) in [6.07, 6.45) is 2.35. The van der Waals surface area contributed by atoms with Crippen molar-refractivity contribution in [2.45, 2.75) is 19.9 Å². The molecule has 0 radical (unpaired) electrons. The quantitative estimate of drug-likeness (QED) is 0.664. The molecular formula is C12H12FN3O3. The van der Waals surface area contributed by atoms with Crippen molar-refractivity contribution in [2.24, 2.45) is 0 Å². The molecule has 2 rings (SSSR count). The Morgan fingerprint density at radius 3 is 2.89 bits per heavy atom. The highest BCUT2D eigenvalue weighted by Gasteiger charge is 2.11. The number of nitrogens with zero attached hydrogens (tertiary/aromatic N) is 2. The van der Waals surface area contributed by atoms with E-state index in [-0.39, 0.29) is 17.9 Å². The number of nitro groups is 1. The lowest BCUT2D eigenvalue weighted by atomic mass is 10.2. The Bertz CT molecular complexity index is 598. The molecule has 0 fully saturated rings. The third-order valence-corrected chi connectivity index (χ3v) is 2.54. The molecule has 0 amide bonds. The first-order chi connectivity index (χ1) is 9.10. The predicted octanol–water partition coefficient (Wildman–Crippen LogP) is 2.90. The van der Waals surface area contributed by atoms with Gasteiger partial charge in [-0.3, -0.25) is 10.1 Å². The van der Waals surface area contributed by atoms with Crippen molar-refractivity contribution >= 4 is 11.4 Å². The third kappa shape index (κ3) is 3.06. The van der Waals surface area contributed by atoms with Gasteiger partial charge in [0.05, 0.1) is 29.4 Å². The van der Waals surface area contributed by atoms with Crippen LogP contribution in [0.15, 0.2) is 28.8 Å². The third-order valence-electron chi connectivity index (χ3n) is 2.54. The summed E-state index contributed by atoms with van der Waals surface area (Å²) in [4.78, 5) is 13.8. The Morgan fingerprint density at radius 2 is 2.32 bits per heavy atom. The van der Waals surface area contributed by atoms with Crippen LogP contribution in [0.1, 0.15) is 18.6 Å². The number of aromatic nitrogens is 1. The Morgan fingerprint density at radius 1 is 1.53 bits per heavy atom. The van der Waals surface area contributed by atoms with Crippen LogP contribution < -0.4 is 5.32 Å². The molecule has 0 bridgehead atoms. The Labute approximate surface area is 108 Å². The Hall–Kier alpha value is -2.44. The van der Waals surface area contributed by atoms with Gasteiger partial charge >= 0.3 is 0 Å². The molecule has 0 aliphatic heterocycles. The highest BCUT2D eigenvalue weighted by molar-refractivity contribution is 5.50. The van der Waals surface area contributed by atoms with Crippen LogP contribution in [0.4, 0.5) is 15.8 Å². The lowest BCUT2D eigenvalue weighted by Gasteiger charge is -2.04. The molecule has 0 aliphatic rings. The number of non-ortho nitro benzene ring substituents is 1. The van der Waals surface area contributed by atoms with E-state index < -0.39 is 10.7 Å². The first-order valence-electron chi connectivity index (χ1n) is 5.71. The van der Waals surface area contributed by atoms with Gasteiger partial charge in [0.2, 0.25) is 5.89 Å². The molecule has 0 aliphatic carbocycles. The van der Waals surface area contributed by atoms with Gasteiger partial charge in [0, 0.05) is 12.5 Å². The molecule has 100 valence electrons. The van der Waals surface area contributed by atoms with Crippen LogP contribution >= 0.6 is 0 Å². The monoisotopic (exact) mass is 265 g/mol. The number of hydrogen-bond acceptors (Lipinski definition) is 5. The van der Waals surface area contributed by atoms with Crippen molar-refractivity contribution < 1.29 is 13.7 Å². The minimum absolute atomic E-state index is 0.168. The molecule has 1 aromatic carbocycles. The molecule has 0 saturated heterocycles. The van der Waals surface area contributed by atoms with Gasteiger partial charge in [-0.25, -0.2) is 9.37 Å². The van der Waals surface area contributed by atoms with Gasteiger partial charge in [-0.2, -0.15) is 0 Å². The minimum Gasteiger partial charge on any atom is -0.444 e. The zero-order chi connectivity index (χ0) is 13.8. The molecule has 19 heavy (non-hydrogen) atoms. The van der Waals surface area contributed by atoms with Crippen molar-refractivity contribution in [3.63, 3.8) is 0 Å². The second-order valence-electron chi connectivity index (χ2n) is 3.85. The van der Waals surface area contributed by atoms with E-state index in [4.69, 9.17) is 4.42 Å². The van der Waals surface area contributed by atoms with Gasteiger partial charge in [0.1, 0.15) is 5.76 Å². The number of anilines is 1. The molecule has 2 aromatic rings. The van der Waals surface area contributed by atoms with E-state index in [1.165, 1.54) is 12.1 Å². The topological polar surface area (TPSA) is 81.2 Å². The van der Waals surface area contributed by atoms with E-state index in [9.17, 15) is 14.5 Å². The molecule has 1 N–H and O–H groups in total. The standard InChI is InChI=1S/C12H12FN3O3/c1-2-9-6-15-12(19-9)7-14-11-4-3-8(16(17)18)5-10(11)13/h3-6,14H,2,7H2,1H3. The van der Waals surface area contributed by atoms with Gasteiger partial charge in [-0.1, -0.05) is 6.92 Å². The fraction of sp³-hybridized carbons (Fsp3) is 0.250. The molecule has 0 saturated carbocycles. The number of rotatable bonds is 5. The summed E-state index contributed by atoms with van der Waals surface area (Å²) in [6.45, 7) is 2.16. The van der Waals surface area contributed by atoms with Crippen molar-refractivity contribution in [1.29, 1.82) is 0 Å². The number of halogens is 1. The maximum absolute atomic E-state index is 13.6. The lowest BCUT2D eigenvalue weighted by Crippen LogP contribution is -2.02. The van der Waals surface area contributed by atoms with E-state index >= 15 is 0 Å². The minimum atomic E-state index is -0.684. The first-order valence-corrected chi connectivity index (χ1v) is 5.71. The number of nitro benzene ring substituents is 1. The Kier molecular flexibility index (Phi) is 3.74. The van der Waals surface area contributed by atoms with Crippen LogP contribution in [-0.2, 0) is 13.0 Å². The smallest absolute Gasteiger partial charge is 0.272 e. The fourth-order valence-electron chi connectivity index (χ4n) is 1.52. The van der Waals surface area contributed by atoms with Crippen LogP contribution in [0.5, 0.6) is 0 Å². The van der Waals surface area contributed by atoms with Crippen LogP contribution in [0.2, 0.25) is 0 Å². The number of aryl methyl sites for hydroxylation is 1. The Balaban J connectivity index is 2.05.